The summed E-state index contributed by atoms with van der Waals surface area (Å²) in [4.78, 5) is 8.60. The van der Waals surface area contributed by atoms with Gasteiger partial charge in [0.05, 0.1) is 0 Å². The highest BCUT2D eigenvalue weighted by atomic mass is 15.4. The van der Waals surface area contributed by atoms with Crippen LogP contribution in [0.25, 0.3) is 11.4 Å². The number of hydrogen-bond donors (Lipinski definition) is 1. The lowest BCUT2D eigenvalue weighted by Gasteiger charge is -2.08. The van der Waals surface area contributed by atoms with Crippen LogP contribution in [0.15, 0.2) is 36.9 Å². The summed E-state index contributed by atoms with van der Waals surface area (Å²) in [6, 6.07) is 7.76. The van der Waals surface area contributed by atoms with E-state index in [9.17, 15) is 0 Å². The second kappa shape index (κ2) is 5.35. The molecular formula is C14H17N7. The molecule has 0 amide bonds. The van der Waals surface area contributed by atoms with Gasteiger partial charge in [0.15, 0.2) is 5.82 Å². The lowest BCUT2D eigenvalue weighted by Crippen LogP contribution is -2.12. The van der Waals surface area contributed by atoms with Crippen molar-refractivity contribution in [2.24, 2.45) is 0 Å². The number of anilines is 1. The fourth-order valence-electron chi connectivity index (χ4n) is 2.10. The summed E-state index contributed by atoms with van der Waals surface area (Å²) in [5.74, 6) is 1.53. The molecule has 1 aromatic carbocycles. The average molecular weight is 283 g/mol. The Morgan fingerprint density at radius 1 is 1.14 bits per heavy atom. The van der Waals surface area contributed by atoms with Crippen LogP contribution >= 0.6 is 0 Å². The molecule has 0 aliphatic carbocycles. The van der Waals surface area contributed by atoms with Gasteiger partial charge in [-0.05, 0) is 38.1 Å². The highest BCUT2D eigenvalue weighted by molar-refractivity contribution is 5.57. The predicted molar refractivity (Wildman–Crippen MR) is 79.4 cm³/mol. The van der Waals surface area contributed by atoms with E-state index in [1.54, 1.807) is 17.3 Å². The quantitative estimate of drug-likeness (QED) is 0.737. The zero-order valence-electron chi connectivity index (χ0n) is 12.0. The molecule has 0 aliphatic rings. The molecule has 0 saturated heterocycles. The van der Waals surface area contributed by atoms with Crippen LogP contribution in [0.5, 0.6) is 0 Å². The standard InChI is InChI=1S/C14H17N7/c1-10(2)21-13(16-8-18-21)7-20-9-17-14(19-20)11-3-5-12(15)6-4-11/h3-6,8-10H,7,15H2,1-2H3. The van der Waals surface area contributed by atoms with Crippen LogP contribution in [-0.2, 0) is 6.54 Å². The molecule has 0 fully saturated rings. The van der Waals surface area contributed by atoms with Crippen LogP contribution in [0.4, 0.5) is 5.69 Å². The van der Waals surface area contributed by atoms with E-state index >= 15 is 0 Å². The van der Waals surface area contributed by atoms with E-state index in [1.165, 1.54) is 0 Å². The number of nitrogens with zero attached hydrogens (tertiary/aromatic N) is 6. The molecule has 0 aliphatic heterocycles. The number of rotatable bonds is 4. The van der Waals surface area contributed by atoms with Crippen molar-refractivity contribution in [3.8, 4) is 11.4 Å². The van der Waals surface area contributed by atoms with Crippen molar-refractivity contribution in [2.75, 3.05) is 5.73 Å². The number of benzene rings is 1. The SMILES string of the molecule is CC(C)n1ncnc1Cn1cnc(-c2ccc(N)cc2)n1. The second-order valence-electron chi connectivity index (χ2n) is 5.10. The summed E-state index contributed by atoms with van der Waals surface area (Å²) in [6.07, 6.45) is 3.26. The van der Waals surface area contributed by atoms with E-state index in [0.717, 1.165) is 17.1 Å². The molecule has 0 saturated carbocycles. The lowest BCUT2D eigenvalue weighted by atomic mass is 10.2. The van der Waals surface area contributed by atoms with E-state index in [0.29, 0.717) is 12.4 Å². The third-order valence-electron chi connectivity index (χ3n) is 3.15. The smallest absolute Gasteiger partial charge is 0.181 e. The molecule has 0 bridgehead atoms. The second-order valence-corrected chi connectivity index (χ2v) is 5.10. The van der Waals surface area contributed by atoms with Gasteiger partial charge in [-0.2, -0.15) is 10.2 Å². The van der Waals surface area contributed by atoms with Crippen LogP contribution in [0.3, 0.4) is 0 Å². The largest absolute Gasteiger partial charge is 0.399 e. The molecule has 2 aromatic heterocycles. The van der Waals surface area contributed by atoms with Crippen molar-refractivity contribution in [1.82, 2.24) is 29.5 Å². The van der Waals surface area contributed by atoms with Gasteiger partial charge in [0.2, 0.25) is 0 Å². The minimum absolute atomic E-state index is 0.266. The average Bonchev–Trinajstić information content (AvgIpc) is 3.09. The fraction of sp³-hybridized carbons (Fsp3) is 0.286. The number of nitrogen functional groups attached to an aromatic ring is 1. The van der Waals surface area contributed by atoms with Crippen LogP contribution in [0.1, 0.15) is 25.7 Å². The van der Waals surface area contributed by atoms with Crippen molar-refractivity contribution in [3.05, 3.63) is 42.7 Å². The van der Waals surface area contributed by atoms with Gasteiger partial charge >= 0.3 is 0 Å². The lowest BCUT2D eigenvalue weighted by molar-refractivity contribution is 0.488. The molecule has 0 unspecified atom stereocenters. The molecule has 0 spiro atoms. The van der Waals surface area contributed by atoms with Crippen molar-refractivity contribution in [1.29, 1.82) is 0 Å². The summed E-state index contributed by atoms with van der Waals surface area (Å²) >= 11 is 0. The molecule has 21 heavy (non-hydrogen) atoms. The molecule has 3 rings (SSSR count). The maximum atomic E-state index is 5.68. The van der Waals surface area contributed by atoms with Crippen LogP contribution < -0.4 is 5.73 Å². The fourth-order valence-corrected chi connectivity index (χ4v) is 2.10. The van der Waals surface area contributed by atoms with Crippen LogP contribution in [0.2, 0.25) is 0 Å². The zero-order valence-corrected chi connectivity index (χ0v) is 12.0. The van der Waals surface area contributed by atoms with Crippen molar-refractivity contribution in [2.45, 2.75) is 26.4 Å². The monoisotopic (exact) mass is 283 g/mol. The van der Waals surface area contributed by atoms with Crippen LogP contribution in [0, 0.1) is 0 Å². The van der Waals surface area contributed by atoms with E-state index in [2.05, 4.69) is 34.0 Å². The van der Waals surface area contributed by atoms with Gasteiger partial charge in [-0.25, -0.2) is 19.3 Å². The Hall–Kier alpha value is -2.70. The highest BCUT2D eigenvalue weighted by Gasteiger charge is 2.10. The summed E-state index contributed by atoms with van der Waals surface area (Å²) in [6.45, 7) is 4.68. The molecule has 2 N–H and O–H groups in total. The number of hydrogen-bond acceptors (Lipinski definition) is 5. The number of nitrogens with two attached hydrogens (primary N) is 1. The van der Waals surface area contributed by atoms with Gasteiger partial charge in [0, 0.05) is 17.3 Å². The third kappa shape index (κ3) is 2.76. The molecule has 2 heterocycles. The van der Waals surface area contributed by atoms with Gasteiger partial charge < -0.3 is 5.73 Å². The topological polar surface area (TPSA) is 87.4 Å². The minimum Gasteiger partial charge on any atom is -0.399 e. The normalized spacial score (nSPS) is 11.2. The molecule has 108 valence electrons. The summed E-state index contributed by atoms with van der Waals surface area (Å²) < 4.78 is 3.64. The first kappa shape index (κ1) is 13.3. The molecule has 0 atom stereocenters. The maximum Gasteiger partial charge on any atom is 0.181 e. The summed E-state index contributed by atoms with van der Waals surface area (Å²) in [5.41, 5.74) is 7.34. The van der Waals surface area contributed by atoms with Crippen LogP contribution in [-0.4, -0.2) is 29.5 Å². The minimum atomic E-state index is 0.266. The van der Waals surface area contributed by atoms with Crippen molar-refractivity contribution >= 4 is 5.69 Å². The van der Waals surface area contributed by atoms with Gasteiger partial charge in [0.1, 0.15) is 25.0 Å². The summed E-state index contributed by atoms with van der Waals surface area (Å²) in [5, 5.41) is 8.69. The van der Waals surface area contributed by atoms with Gasteiger partial charge in [-0.3, -0.25) is 0 Å². The number of aromatic nitrogens is 6. The maximum absolute atomic E-state index is 5.68. The molecule has 7 heteroatoms. The van der Waals surface area contributed by atoms with Gasteiger partial charge in [0.25, 0.3) is 0 Å². The molecular weight excluding hydrogens is 266 g/mol. The summed E-state index contributed by atoms with van der Waals surface area (Å²) in [7, 11) is 0. The third-order valence-corrected chi connectivity index (χ3v) is 3.15. The van der Waals surface area contributed by atoms with Gasteiger partial charge in [-0.15, -0.1) is 0 Å². The Morgan fingerprint density at radius 2 is 1.90 bits per heavy atom. The Kier molecular flexibility index (Phi) is 3.39. The Balaban J connectivity index is 1.82. The molecule has 3 aromatic rings. The first-order chi connectivity index (χ1) is 10.1. The van der Waals surface area contributed by atoms with E-state index in [4.69, 9.17) is 5.73 Å². The van der Waals surface area contributed by atoms with Crippen molar-refractivity contribution in [3.63, 3.8) is 0 Å². The van der Waals surface area contributed by atoms with E-state index in [-0.39, 0.29) is 6.04 Å². The zero-order chi connectivity index (χ0) is 14.8. The first-order valence-corrected chi connectivity index (χ1v) is 6.77. The first-order valence-electron chi connectivity index (χ1n) is 6.77. The van der Waals surface area contributed by atoms with Gasteiger partial charge in [-0.1, -0.05) is 0 Å². The Bertz CT molecular complexity index is 724. The van der Waals surface area contributed by atoms with E-state index in [1.807, 2.05) is 28.9 Å². The molecule has 7 nitrogen and oxygen atoms in total. The predicted octanol–water partition coefficient (Wildman–Crippen LogP) is 1.75. The molecule has 0 radical (unpaired) electrons. The highest BCUT2D eigenvalue weighted by Crippen LogP contribution is 2.16. The van der Waals surface area contributed by atoms with Crippen molar-refractivity contribution < 1.29 is 0 Å². The Labute approximate surface area is 122 Å². The van der Waals surface area contributed by atoms with E-state index < -0.39 is 0 Å². The Morgan fingerprint density at radius 3 is 2.62 bits per heavy atom.